The largest absolute Gasteiger partial charge is 0.497 e. The SMILES string of the molecule is COc1ccc(C2=CC3CCC2CC3(O)CC(=O)O)cc1. The van der Waals surface area contributed by atoms with E-state index in [2.05, 4.69) is 6.08 Å². The second kappa shape index (κ2) is 5.19. The van der Waals surface area contributed by atoms with Gasteiger partial charge < -0.3 is 14.9 Å². The fourth-order valence-electron chi connectivity index (χ4n) is 3.77. The Morgan fingerprint density at radius 3 is 2.57 bits per heavy atom. The van der Waals surface area contributed by atoms with E-state index >= 15 is 0 Å². The molecule has 0 aliphatic heterocycles. The van der Waals surface area contributed by atoms with Crippen LogP contribution in [0.1, 0.15) is 31.2 Å². The minimum atomic E-state index is -1.08. The van der Waals surface area contributed by atoms with Crippen LogP contribution in [0.15, 0.2) is 30.3 Å². The highest BCUT2D eigenvalue weighted by atomic mass is 16.5. The van der Waals surface area contributed by atoms with Gasteiger partial charge in [0.1, 0.15) is 5.75 Å². The molecule has 0 amide bonds. The van der Waals surface area contributed by atoms with Crippen LogP contribution < -0.4 is 4.74 Å². The number of allylic oxidation sites excluding steroid dienone is 1. The minimum Gasteiger partial charge on any atom is -0.497 e. The molecule has 4 heteroatoms. The summed E-state index contributed by atoms with van der Waals surface area (Å²) in [6.45, 7) is 0. The van der Waals surface area contributed by atoms with Crippen molar-refractivity contribution in [1.82, 2.24) is 0 Å². The number of rotatable bonds is 4. The lowest BCUT2D eigenvalue weighted by Gasteiger charge is -2.47. The smallest absolute Gasteiger partial charge is 0.306 e. The molecule has 2 N–H and O–H groups in total. The summed E-state index contributed by atoms with van der Waals surface area (Å²) in [7, 11) is 1.64. The van der Waals surface area contributed by atoms with E-state index in [-0.39, 0.29) is 18.3 Å². The van der Waals surface area contributed by atoms with Gasteiger partial charge in [0, 0.05) is 5.92 Å². The van der Waals surface area contributed by atoms with Crippen molar-refractivity contribution < 1.29 is 19.7 Å². The van der Waals surface area contributed by atoms with Crippen LogP contribution in [0.5, 0.6) is 5.75 Å². The first kappa shape index (κ1) is 14.1. The molecule has 3 aliphatic carbocycles. The number of ether oxygens (including phenoxy) is 1. The number of hydrogen-bond donors (Lipinski definition) is 2. The molecule has 3 atom stereocenters. The van der Waals surface area contributed by atoms with Crippen molar-refractivity contribution in [3.8, 4) is 5.75 Å². The zero-order valence-corrected chi connectivity index (χ0v) is 12.1. The predicted octanol–water partition coefficient (Wildman–Crippen LogP) is 2.71. The average Bonchev–Trinajstić information content (AvgIpc) is 2.46. The Morgan fingerprint density at radius 1 is 1.33 bits per heavy atom. The van der Waals surface area contributed by atoms with Gasteiger partial charge >= 0.3 is 5.97 Å². The number of aliphatic carboxylic acids is 1. The standard InChI is InChI=1S/C17H20O4/c1-21-14-6-3-11(4-7-14)15-8-13-5-2-12(15)9-17(13,20)10-16(18)19/h3-4,6-8,12-13,20H,2,5,9-10H2,1H3,(H,18,19). The summed E-state index contributed by atoms with van der Waals surface area (Å²) in [4.78, 5) is 11.0. The molecular formula is C17H20O4. The molecule has 1 fully saturated rings. The van der Waals surface area contributed by atoms with Gasteiger partial charge in [0.15, 0.2) is 0 Å². The molecule has 21 heavy (non-hydrogen) atoms. The van der Waals surface area contributed by atoms with Crippen LogP contribution in [-0.4, -0.2) is 28.9 Å². The maximum atomic E-state index is 11.0. The average molecular weight is 288 g/mol. The van der Waals surface area contributed by atoms with E-state index in [1.807, 2.05) is 24.3 Å². The Morgan fingerprint density at radius 2 is 2.05 bits per heavy atom. The van der Waals surface area contributed by atoms with Gasteiger partial charge in [0.25, 0.3) is 0 Å². The van der Waals surface area contributed by atoms with Crippen LogP contribution >= 0.6 is 0 Å². The van der Waals surface area contributed by atoms with Gasteiger partial charge in [-0.1, -0.05) is 18.2 Å². The zero-order chi connectivity index (χ0) is 15.0. The summed E-state index contributed by atoms with van der Waals surface area (Å²) >= 11 is 0. The number of methoxy groups -OCH3 is 1. The molecule has 3 aliphatic rings. The van der Waals surface area contributed by atoms with Gasteiger partial charge in [-0.25, -0.2) is 0 Å². The summed E-state index contributed by atoms with van der Waals surface area (Å²) in [6, 6.07) is 7.92. The van der Waals surface area contributed by atoms with Crippen molar-refractivity contribution >= 4 is 11.5 Å². The van der Waals surface area contributed by atoms with Crippen molar-refractivity contribution in [3.05, 3.63) is 35.9 Å². The second-order valence-electron chi connectivity index (χ2n) is 6.11. The molecule has 0 spiro atoms. The molecule has 3 unspecified atom stereocenters. The van der Waals surface area contributed by atoms with Crippen molar-refractivity contribution in [1.29, 1.82) is 0 Å². The van der Waals surface area contributed by atoms with E-state index in [4.69, 9.17) is 9.84 Å². The van der Waals surface area contributed by atoms with Crippen LogP contribution in [0.3, 0.4) is 0 Å². The Hall–Kier alpha value is -1.81. The molecule has 1 aromatic carbocycles. The summed E-state index contributed by atoms with van der Waals surface area (Å²) in [6.07, 6.45) is 4.35. The lowest BCUT2D eigenvalue weighted by atomic mass is 9.61. The van der Waals surface area contributed by atoms with Gasteiger partial charge in [-0.15, -0.1) is 0 Å². The highest BCUT2D eigenvalue weighted by molar-refractivity contribution is 5.72. The molecule has 0 aromatic heterocycles. The van der Waals surface area contributed by atoms with Gasteiger partial charge in [-0.2, -0.15) is 0 Å². The van der Waals surface area contributed by atoms with E-state index in [1.54, 1.807) is 7.11 Å². The number of carboxylic acids is 1. The third-order valence-corrected chi connectivity index (χ3v) is 4.82. The third kappa shape index (κ3) is 2.56. The van der Waals surface area contributed by atoms with Crippen LogP contribution in [0.2, 0.25) is 0 Å². The molecule has 2 bridgehead atoms. The van der Waals surface area contributed by atoms with Crippen molar-refractivity contribution in [2.75, 3.05) is 7.11 Å². The van der Waals surface area contributed by atoms with Crippen molar-refractivity contribution in [2.24, 2.45) is 11.8 Å². The number of benzene rings is 1. The van der Waals surface area contributed by atoms with Crippen LogP contribution in [0, 0.1) is 11.8 Å². The first-order chi connectivity index (χ1) is 10.0. The minimum absolute atomic E-state index is 0.0595. The number of carbonyl (C=O) groups is 1. The first-order valence-corrected chi connectivity index (χ1v) is 7.32. The van der Waals surface area contributed by atoms with Gasteiger partial charge in [-0.3, -0.25) is 4.79 Å². The highest BCUT2D eigenvalue weighted by Crippen LogP contribution is 2.51. The Balaban J connectivity index is 1.88. The summed E-state index contributed by atoms with van der Waals surface area (Å²) in [5, 5.41) is 19.6. The fraction of sp³-hybridized carbons (Fsp3) is 0.471. The van der Waals surface area contributed by atoms with Gasteiger partial charge in [-0.05, 0) is 48.4 Å². The van der Waals surface area contributed by atoms with Crippen molar-refractivity contribution in [3.63, 3.8) is 0 Å². The van der Waals surface area contributed by atoms with E-state index in [0.29, 0.717) is 6.42 Å². The molecule has 4 nitrogen and oxygen atoms in total. The van der Waals surface area contributed by atoms with Crippen LogP contribution in [0.25, 0.3) is 5.57 Å². The molecule has 1 aromatic rings. The summed E-state index contributed by atoms with van der Waals surface area (Å²) < 4.78 is 5.17. The maximum Gasteiger partial charge on any atom is 0.306 e. The highest BCUT2D eigenvalue weighted by Gasteiger charge is 2.47. The molecule has 4 rings (SSSR count). The lowest BCUT2D eigenvalue weighted by Crippen LogP contribution is -2.47. The van der Waals surface area contributed by atoms with Crippen LogP contribution in [0.4, 0.5) is 0 Å². The Bertz CT molecular complexity index is 575. The molecule has 0 saturated heterocycles. The molecule has 1 saturated carbocycles. The first-order valence-electron chi connectivity index (χ1n) is 7.32. The topological polar surface area (TPSA) is 66.8 Å². The van der Waals surface area contributed by atoms with E-state index in [1.165, 1.54) is 5.57 Å². The number of fused-ring (bicyclic) bond motifs is 2. The lowest BCUT2D eigenvalue weighted by molar-refractivity contribution is -0.147. The van der Waals surface area contributed by atoms with Crippen LogP contribution in [-0.2, 0) is 4.79 Å². The Kier molecular flexibility index (Phi) is 3.49. The summed E-state index contributed by atoms with van der Waals surface area (Å²) in [5.41, 5.74) is 1.30. The summed E-state index contributed by atoms with van der Waals surface area (Å²) in [5.74, 6) is 0.0793. The van der Waals surface area contributed by atoms with Crippen molar-refractivity contribution in [2.45, 2.75) is 31.3 Å². The van der Waals surface area contributed by atoms with Gasteiger partial charge in [0.05, 0.1) is 19.1 Å². The maximum absolute atomic E-state index is 11.0. The number of aliphatic hydroxyl groups is 1. The van der Waals surface area contributed by atoms with E-state index in [9.17, 15) is 9.90 Å². The van der Waals surface area contributed by atoms with E-state index < -0.39 is 11.6 Å². The molecule has 112 valence electrons. The molecule has 0 radical (unpaired) electrons. The normalized spacial score (nSPS) is 30.9. The Labute approximate surface area is 124 Å². The van der Waals surface area contributed by atoms with E-state index in [0.717, 1.165) is 24.2 Å². The van der Waals surface area contributed by atoms with Gasteiger partial charge in [0.2, 0.25) is 0 Å². The quantitative estimate of drug-likeness (QED) is 0.894. The molecular weight excluding hydrogens is 268 g/mol. The monoisotopic (exact) mass is 288 g/mol. The number of carboxylic acid groups (broad SMARTS) is 1. The zero-order valence-electron chi connectivity index (χ0n) is 12.1. The number of hydrogen-bond acceptors (Lipinski definition) is 3. The fourth-order valence-corrected chi connectivity index (χ4v) is 3.77. The third-order valence-electron chi connectivity index (χ3n) is 4.82. The second-order valence-corrected chi connectivity index (χ2v) is 6.11. The molecule has 0 heterocycles. The predicted molar refractivity (Wildman–Crippen MR) is 79.0 cm³/mol.